The highest BCUT2D eigenvalue weighted by molar-refractivity contribution is 5.94. The molecule has 0 N–H and O–H groups in total. The number of hydrogen-bond donors (Lipinski definition) is 0. The third-order valence-electron chi connectivity index (χ3n) is 6.68. The normalized spacial score (nSPS) is 23.8. The van der Waals surface area contributed by atoms with Gasteiger partial charge in [0.2, 0.25) is 0 Å². The molecular weight excluding hydrogens is 386 g/mol. The van der Waals surface area contributed by atoms with Gasteiger partial charge in [-0.3, -0.25) is 9.69 Å². The Morgan fingerprint density at radius 2 is 1.86 bits per heavy atom. The smallest absolute Gasteiger partial charge is 0.406 e. The molecule has 0 amide bonds. The zero-order valence-corrected chi connectivity index (χ0v) is 17.2. The van der Waals surface area contributed by atoms with Gasteiger partial charge in [0.05, 0.1) is 12.2 Å². The molecule has 1 saturated carbocycles. The summed E-state index contributed by atoms with van der Waals surface area (Å²) >= 11 is 0. The lowest BCUT2D eigenvalue weighted by Crippen LogP contribution is -2.56. The molecule has 29 heavy (non-hydrogen) atoms. The van der Waals surface area contributed by atoms with Crippen molar-refractivity contribution in [1.29, 1.82) is 0 Å². The number of likely N-dealkylation sites (tertiary alicyclic amines) is 1. The van der Waals surface area contributed by atoms with Gasteiger partial charge in [0.1, 0.15) is 17.1 Å². The second kappa shape index (κ2) is 8.25. The molecule has 162 valence electrons. The Morgan fingerprint density at radius 3 is 2.41 bits per heavy atom. The fourth-order valence-corrected chi connectivity index (χ4v) is 4.45. The predicted molar refractivity (Wildman–Crippen MR) is 103 cm³/mol. The van der Waals surface area contributed by atoms with Crippen molar-refractivity contribution in [1.82, 2.24) is 4.90 Å². The maximum Gasteiger partial charge on any atom is 0.406 e. The van der Waals surface area contributed by atoms with Gasteiger partial charge in [-0.25, -0.2) is 4.39 Å². The molecule has 1 aromatic rings. The Balaban J connectivity index is 1.40. The number of rotatable bonds is 7. The summed E-state index contributed by atoms with van der Waals surface area (Å²) in [5, 5.41) is 0. The standard InChI is InChI=1S/C22H29F4NO2/c1-14(28)18-5-4-17(13-20(18)23)29-11-8-16-12-19(16)15-6-9-27(10-7-15)21(2,3)22(24,25)26/h4-5,13,15-16,19H,6-12H2,1-3H3/t16-,19-/m1/s1. The van der Waals surface area contributed by atoms with Crippen LogP contribution in [0.3, 0.4) is 0 Å². The van der Waals surface area contributed by atoms with Gasteiger partial charge in [0.15, 0.2) is 5.78 Å². The summed E-state index contributed by atoms with van der Waals surface area (Å²) in [5.41, 5.74) is -1.72. The highest BCUT2D eigenvalue weighted by atomic mass is 19.4. The van der Waals surface area contributed by atoms with E-state index in [1.165, 1.54) is 32.9 Å². The molecule has 1 aliphatic carbocycles. The van der Waals surface area contributed by atoms with Crippen LogP contribution in [0.15, 0.2) is 18.2 Å². The van der Waals surface area contributed by atoms with Crippen LogP contribution in [-0.4, -0.2) is 42.1 Å². The number of alkyl halides is 3. The Hall–Kier alpha value is -1.63. The zero-order valence-electron chi connectivity index (χ0n) is 17.2. The number of hydrogen-bond acceptors (Lipinski definition) is 3. The molecule has 1 saturated heterocycles. The summed E-state index contributed by atoms with van der Waals surface area (Å²) < 4.78 is 59.1. The number of ketones is 1. The van der Waals surface area contributed by atoms with E-state index >= 15 is 0 Å². The lowest BCUT2D eigenvalue weighted by Gasteiger charge is -2.43. The lowest BCUT2D eigenvalue weighted by molar-refractivity contribution is -0.224. The van der Waals surface area contributed by atoms with Gasteiger partial charge in [-0.15, -0.1) is 0 Å². The first-order chi connectivity index (χ1) is 13.5. The first kappa shape index (κ1) is 22.1. The van der Waals surface area contributed by atoms with Gasteiger partial charge in [-0.05, 0) is 89.4 Å². The third-order valence-corrected chi connectivity index (χ3v) is 6.68. The number of Topliss-reactive ketones (excluding diaryl/α,β-unsaturated/α-hetero) is 1. The van der Waals surface area contributed by atoms with Crippen molar-refractivity contribution < 1.29 is 27.1 Å². The molecule has 1 aromatic carbocycles. The fraction of sp³-hybridized carbons (Fsp3) is 0.682. The minimum atomic E-state index is -4.22. The van der Waals surface area contributed by atoms with Crippen LogP contribution in [0.5, 0.6) is 5.75 Å². The number of piperidine rings is 1. The molecule has 0 unspecified atom stereocenters. The predicted octanol–water partition coefficient (Wildman–Crippen LogP) is 5.49. The second-order valence-electron chi connectivity index (χ2n) is 8.88. The molecular formula is C22H29F4NO2. The van der Waals surface area contributed by atoms with Gasteiger partial charge in [0.25, 0.3) is 0 Å². The summed E-state index contributed by atoms with van der Waals surface area (Å²) in [6, 6.07) is 4.27. The summed E-state index contributed by atoms with van der Waals surface area (Å²) in [7, 11) is 0. The van der Waals surface area contributed by atoms with E-state index in [4.69, 9.17) is 4.74 Å². The number of ether oxygens (including phenoxy) is 1. The Bertz CT molecular complexity index is 739. The van der Waals surface area contributed by atoms with Crippen LogP contribution in [-0.2, 0) is 0 Å². The monoisotopic (exact) mass is 415 g/mol. The van der Waals surface area contributed by atoms with Crippen LogP contribution in [0, 0.1) is 23.6 Å². The Morgan fingerprint density at radius 1 is 1.21 bits per heavy atom. The fourth-order valence-electron chi connectivity index (χ4n) is 4.45. The Kier molecular flexibility index (Phi) is 6.27. The molecule has 0 radical (unpaired) electrons. The van der Waals surface area contributed by atoms with E-state index in [1.807, 2.05) is 0 Å². The molecule has 2 fully saturated rings. The number of benzene rings is 1. The average molecular weight is 415 g/mol. The van der Waals surface area contributed by atoms with E-state index in [0.29, 0.717) is 43.2 Å². The van der Waals surface area contributed by atoms with Crippen LogP contribution >= 0.6 is 0 Å². The summed E-state index contributed by atoms with van der Waals surface area (Å²) in [5.74, 6) is 1.09. The van der Waals surface area contributed by atoms with Crippen molar-refractivity contribution in [3.05, 3.63) is 29.6 Å². The topological polar surface area (TPSA) is 29.5 Å². The van der Waals surface area contributed by atoms with E-state index < -0.39 is 17.5 Å². The molecule has 1 aliphatic heterocycles. The maximum atomic E-state index is 13.8. The molecule has 7 heteroatoms. The van der Waals surface area contributed by atoms with Gasteiger partial charge in [0, 0.05) is 6.07 Å². The SMILES string of the molecule is CC(=O)c1ccc(OCC[C@@H]2C[C@@H]2C2CCN(C(C)(C)C(F)(F)F)CC2)cc1F. The van der Waals surface area contributed by atoms with E-state index in [2.05, 4.69) is 0 Å². The molecule has 2 aliphatic rings. The number of carbonyl (C=O) groups excluding carboxylic acids is 1. The first-order valence-corrected chi connectivity index (χ1v) is 10.3. The van der Waals surface area contributed by atoms with E-state index in [0.717, 1.165) is 25.7 Å². The molecule has 2 atom stereocenters. The van der Waals surface area contributed by atoms with Gasteiger partial charge >= 0.3 is 6.18 Å². The van der Waals surface area contributed by atoms with Crippen LogP contribution in [0.4, 0.5) is 17.6 Å². The van der Waals surface area contributed by atoms with Crippen molar-refractivity contribution in [2.24, 2.45) is 17.8 Å². The molecule has 3 nitrogen and oxygen atoms in total. The van der Waals surface area contributed by atoms with Gasteiger partial charge < -0.3 is 4.74 Å². The largest absolute Gasteiger partial charge is 0.493 e. The molecule has 0 aromatic heterocycles. The molecule has 1 heterocycles. The zero-order chi connectivity index (χ0) is 21.4. The van der Waals surface area contributed by atoms with Crippen molar-refractivity contribution in [2.75, 3.05) is 19.7 Å². The minimum Gasteiger partial charge on any atom is -0.493 e. The average Bonchev–Trinajstić information content (AvgIpc) is 3.40. The van der Waals surface area contributed by atoms with E-state index in [9.17, 15) is 22.4 Å². The van der Waals surface area contributed by atoms with E-state index in [1.54, 1.807) is 11.0 Å². The molecule has 0 spiro atoms. The van der Waals surface area contributed by atoms with Crippen LogP contribution in [0.2, 0.25) is 0 Å². The lowest BCUT2D eigenvalue weighted by atomic mass is 9.87. The van der Waals surface area contributed by atoms with Crippen molar-refractivity contribution in [3.63, 3.8) is 0 Å². The molecule has 3 rings (SSSR count). The van der Waals surface area contributed by atoms with Crippen LogP contribution in [0.25, 0.3) is 0 Å². The van der Waals surface area contributed by atoms with Crippen LogP contribution in [0.1, 0.15) is 56.8 Å². The maximum absolute atomic E-state index is 13.8. The summed E-state index contributed by atoms with van der Waals surface area (Å²) in [4.78, 5) is 12.8. The van der Waals surface area contributed by atoms with Gasteiger partial charge in [-0.2, -0.15) is 13.2 Å². The van der Waals surface area contributed by atoms with Crippen molar-refractivity contribution in [2.45, 2.75) is 58.2 Å². The quantitative estimate of drug-likeness (QED) is 0.436. The summed E-state index contributed by atoms with van der Waals surface area (Å²) in [6.07, 6.45) is -0.663. The van der Waals surface area contributed by atoms with Crippen molar-refractivity contribution >= 4 is 5.78 Å². The van der Waals surface area contributed by atoms with E-state index in [-0.39, 0.29) is 11.3 Å². The number of nitrogens with zero attached hydrogens (tertiary/aromatic N) is 1. The highest BCUT2D eigenvalue weighted by Gasteiger charge is 2.52. The highest BCUT2D eigenvalue weighted by Crippen LogP contribution is 2.50. The first-order valence-electron chi connectivity index (χ1n) is 10.3. The summed E-state index contributed by atoms with van der Waals surface area (Å²) in [6.45, 7) is 5.28. The van der Waals surface area contributed by atoms with Crippen LogP contribution < -0.4 is 4.74 Å². The van der Waals surface area contributed by atoms with Crippen molar-refractivity contribution in [3.8, 4) is 5.75 Å². The minimum absolute atomic E-state index is 0.0552. The number of carbonyl (C=O) groups is 1. The molecule has 0 bridgehead atoms. The van der Waals surface area contributed by atoms with Gasteiger partial charge in [-0.1, -0.05) is 0 Å². The second-order valence-corrected chi connectivity index (χ2v) is 8.88. The Labute approximate surface area is 169 Å². The number of halogens is 4. The third kappa shape index (κ3) is 4.93.